The molecule has 3 nitrogen and oxygen atoms in total. The minimum atomic E-state index is -0.888. The molecule has 0 spiro atoms. The lowest BCUT2D eigenvalue weighted by Gasteiger charge is -2.21. The van der Waals surface area contributed by atoms with E-state index in [1.54, 1.807) is 19.2 Å². The summed E-state index contributed by atoms with van der Waals surface area (Å²) in [5, 5.41) is 10.1. The van der Waals surface area contributed by atoms with Crippen LogP contribution in [0.3, 0.4) is 0 Å². The predicted molar refractivity (Wildman–Crippen MR) is 63.6 cm³/mol. The van der Waals surface area contributed by atoms with E-state index in [1.807, 2.05) is 6.92 Å². The van der Waals surface area contributed by atoms with Crippen LogP contribution in [0.25, 0.3) is 0 Å². The van der Waals surface area contributed by atoms with Crippen LogP contribution in [0.15, 0.2) is 18.2 Å². The van der Waals surface area contributed by atoms with E-state index >= 15 is 0 Å². The third-order valence-electron chi connectivity index (χ3n) is 2.84. The Bertz CT molecular complexity index is 355. The van der Waals surface area contributed by atoms with Gasteiger partial charge in [0.15, 0.2) is 0 Å². The van der Waals surface area contributed by atoms with Crippen molar-refractivity contribution in [2.24, 2.45) is 5.92 Å². The van der Waals surface area contributed by atoms with Crippen molar-refractivity contribution in [2.75, 3.05) is 20.8 Å². The maximum Gasteiger partial charge on any atom is 0.132 e. The van der Waals surface area contributed by atoms with Crippen LogP contribution >= 0.6 is 0 Å². The molecule has 0 amide bonds. The van der Waals surface area contributed by atoms with Crippen molar-refractivity contribution in [3.63, 3.8) is 0 Å². The minimum absolute atomic E-state index is 0.0965. The molecule has 0 bridgehead atoms. The summed E-state index contributed by atoms with van der Waals surface area (Å²) in [6, 6.07) is 4.53. The molecule has 0 saturated heterocycles. The fraction of sp³-hybridized carbons (Fsp3) is 0.538. The SMILES string of the molecule is COCCC(C)C(O)c1c(F)cccc1OC. The zero-order chi connectivity index (χ0) is 12.8. The number of hydrogen-bond donors (Lipinski definition) is 1. The summed E-state index contributed by atoms with van der Waals surface area (Å²) in [6.45, 7) is 2.39. The van der Waals surface area contributed by atoms with Gasteiger partial charge in [-0.15, -0.1) is 0 Å². The fourth-order valence-corrected chi connectivity index (χ4v) is 1.73. The highest BCUT2D eigenvalue weighted by Crippen LogP contribution is 2.33. The highest BCUT2D eigenvalue weighted by molar-refractivity contribution is 5.36. The molecule has 0 saturated carbocycles. The van der Waals surface area contributed by atoms with Crippen LogP contribution in [-0.4, -0.2) is 25.9 Å². The van der Waals surface area contributed by atoms with Crippen molar-refractivity contribution < 1.29 is 19.0 Å². The lowest BCUT2D eigenvalue weighted by molar-refractivity contribution is 0.0836. The second-order valence-electron chi connectivity index (χ2n) is 4.06. The quantitative estimate of drug-likeness (QED) is 0.833. The Kier molecular flexibility index (Phi) is 5.38. The Balaban J connectivity index is 2.90. The van der Waals surface area contributed by atoms with E-state index in [2.05, 4.69) is 0 Å². The topological polar surface area (TPSA) is 38.7 Å². The summed E-state index contributed by atoms with van der Waals surface area (Å²) in [5.74, 6) is -0.163. The number of aliphatic hydroxyl groups is 1. The van der Waals surface area contributed by atoms with E-state index in [4.69, 9.17) is 9.47 Å². The Morgan fingerprint density at radius 3 is 2.65 bits per heavy atom. The van der Waals surface area contributed by atoms with E-state index in [0.29, 0.717) is 18.8 Å². The molecule has 0 aliphatic rings. The number of ether oxygens (including phenoxy) is 2. The predicted octanol–water partition coefficient (Wildman–Crippen LogP) is 2.54. The van der Waals surface area contributed by atoms with Crippen LogP contribution in [0.1, 0.15) is 25.0 Å². The molecule has 1 aromatic rings. The number of methoxy groups -OCH3 is 2. The molecule has 1 aromatic carbocycles. The monoisotopic (exact) mass is 242 g/mol. The second kappa shape index (κ2) is 6.57. The largest absolute Gasteiger partial charge is 0.496 e. The summed E-state index contributed by atoms with van der Waals surface area (Å²) in [6.07, 6.45) is -0.226. The Labute approximate surface area is 101 Å². The standard InChI is InChI=1S/C13H19FO3/c1-9(7-8-16-2)13(15)12-10(14)5-4-6-11(12)17-3/h4-6,9,13,15H,7-8H2,1-3H3. The molecular weight excluding hydrogens is 223 g/mol. The van der Waals surface area contributed by atoms with Crippen LogP contribution in [0, 0.1) is 11.7 Å². The first kappa shape index (κ1) is 13.9. The first-order valence-electron chi connectivity index (χ1n) is 5.61. The van der Waals surface area contributed by atoms with E-state index in [0.717, 1.165) is 0 Å². The molecule has 0 aromatic heterocycles. The van der Waals surface area contributed by atoms with Crippen molar-refractivity contribution >= 4 is 0 Å². The van der Waals surface area contributed by atoms with Gasteiger partial charge in [-0.25, -0.2) is 4.39 Å². The molecule has 2 unspecified atom stereocenters. The van der Waals surface area contributed by atoms with E-state index in [1.165, 1.54) is 13.2 Å². The lowest BCUT2D eigenvalue weighted by atomic mass is 9.94. The molecule has 0 radical (unpaired) electrons. The zero-order valence-electron chi connectivity index (χ0n) is 10.4. The van der Waals surface area contributed by atoms with Gasteiger partial charge in [-0.3, -0.25) is 0 Å². The first-order valence-corrected chi connectivity index (χ1v) is 5.61. The van der Waals surface area contributed by atoms with Crippen molar-refractivity contribution in [3.05, 3.63) is 29.6 Å². The van der Waals surface area contributed by atoms with Crippen LogP contribution < -0.4 is 4.74 Å². The number of halogens is 1. The average Bonchev–Trinajstić information content (AvgIpc) is 2.34. The normalized spacial score (nSPS) is 14.4. The third-order valence-corrected chi connectivity index (χ3v) is 2.84. The number of rotatable bonds is 6. The molecule has 0 aliphatic heterocycles. The molecule has 0 fully saturated rings. The summed E-state index contributed by atoms with van der Waals surface area (Å²) >= 11 is 0. The van der Waals surface area contributed by atoms with Crippen molar-refractivity contribution in [3.8, 4) is 5.75 Å². The highest BCUT2D eigenvalue weighted by Gasteiger charge is 2.23. The third kappa shape index (κ3) is 3.41. The Hall–Kier alpha value is -1.13. The average molecular weight is 242 g/mol. The molecule has 2 atom stereocenters. The van der Waals surface area contributed by atoms with Crippen LogP contribution in [0.4, 0.5) is 4.39 Å². The summed E-state index contributed by atoms with van der Waals surface area (Å²) < 4.78 is 23.7. The van der Waals surface area contributed by atoms with Gasteiger partial charge >= 0.3 is 0 Å². The van der Waals surface area contributed by atoms with E-state index < -0.39 is 11.9 Å². The van der Waals surface area contributed by atoms with Crippen LogP contribution in [-0.2, 0) is 4.74 Å². The van der Waals surface area contributed by atoms with Crippen molar-refractivity contribution in [1.29, 1.82) is 0 Å². The molecule has 96 valence electrons. The van der Waals surface area contributed by atoms with Crippen LogP contribution in [0.2, 0.25) is 0 Å². The maximum atomic E-state index is 13.7. The van der Waals surface area contributed by atoms with Gasteiger partial charge < -0.3 is 14.6 Å². The van der Waals surface area contributed by atoms with Gasteiger partial charge in [0.25, 0.3) is 0 Å². The van der Waals surface area contributed by atoms with Gasteiger partial charge in [0.2, 0.25) is 0 Å². The zero-order valence-corrected chi connectivity index (χ0v) is 10.4. The molecule has 1 rings (SSSR count). The van der Waals surface area contributed by atoms with E-state index in [9.17, 15) is 9.50 Å². The second-order valence-corrected chi connectivity index (χ2v) is 4.06. The van der Waals surface area contributed by atoms with Gasteiger partial charge in [0, 0.05) is 13.7 Å². The van der Waals surface area contributed by atoms with Crippen molar-refractivity contribution in [2.45, 2.75) is 19.4 Å². The first-order chi connectivity index (χ1) is 8.11. The number of aliphatic hydroxyl groups excluding tert-OH is 1. The molecule has 17 heavy (non-hydrogen) atoms. The molecule has 4 heteroatoms. The number of benzene rings is 1. The van der Waals surface area contributed by atoms with Gasteiger partial charge in [0.05, 0.1) is 18.8 Å². The molecular formula is C13H19FO3. The fourth-order valence-electron chi connectivity index (χ4n) is 1.73. The summed E-state index contributed by atoms with van der Waals surface area (Å²) in [5.41, 5.74) is 0.221. The van der Waals surface area contributed by atoms with Gasteiger partial charge in [0.1, 0.15) is 11.6 Å². The highest BCUT2D eigenvalue weighted by atomic mass is 19.1. The van der Waals surface area contributed by atoms with Gasteiger partial charge in [-0.2, -0.15) is 0 Å². The Morgan fingerprint density at radius 1 is 1.35 bits per heavy atom. The van der Waals surface area contributed by atoms with Crippen LogP contribution in [0.5, 0.6) is 5.75 Å². The molecule has 1 N–H and O–H groups in total. The minimum Gasteiger partial charge on any atom is -0.496 e. The Morgan fingerprint density at radius 2 is 2.06 bits per heavy atom. The summed E-state index contributed by atoms with van der Waals surface area (Å²) in [7, 11) is 3.06. The molecule has 0 aliphatic carbocycles. The lowest BCUT2D eigenvalue weighted by Crippen LogP contribution is -2.14. The molecule has 0 heterocycles. The number of hydrogen-bond acceptors (Lipinski definition) is 3. The van der Waals surface area contributed by atoms with Gasteiger partial charge in [-0.1, -0.05) is 13.0 Å². The van der Waals surface area contributed by atoms with Gasteiger partial charge in [-0.05, 0) is 24.5 Å². The van der Waals surface area contributed by atoms with Crippen molar-refractivity contribution in [1.82, 2.24) is 0 Å². The summed E-state index contributed by atoms with van der Waals surface area (Å²) in [4.78, 5) is 0. The maximum absolute atomic E-state index is 13.7. The smallest absolute Gasteiger partial charge is 0.132 e. The van der Waals surface area contributed by atoms with E-state index in [-0.39, 0.29) is 11.5 Å².